The SMILES string of the molecule is N#CCc1nc(C(F)(F)F)c(C(F)F)cc1O. The van der Waals surface area contributed by atoms with Gasteiger partial charge in [0.2, 0.25) is 0 Å². The molecule has 17 heavy (non-hydrogen) atoms. The van der Waals surface area contributed by atoms with Crippen molar-refractivity contribution in [1.29, 1.82) is 5.26 Å². The van der Waals surface area contributed by atoms with Gasteiger partial charge >= 0.3 is 6.18 Å². The number of aromatic nitrogens is 1. The zero-order valence-corrected chi connectivity index (χ0v) is 8.09. The monoisotopic (exact) mass is 252 g/mol. The Hall–Kier alpha value is -1.91. The van der Waals surface area contributed by atoms with E-state index in [-0.39, 0.29) is 6.07 Å². The van der Waals surface area contributed by atoms with Crippen LogP contribution in [0.25, 0.3) is 0 Å². The zero-order chi connectivity index (χ0) is 13.2. The second-order valence-electron chi connectivity index (χ2n) is 3.03. The van der Waals surface area contributed by atoms with E-state index in [9.17, 15) is 22.0 Å². The Morgan fingerprint density at radius 3 is 2.41 bits per heavy atom. The Labute approximate surface area is 92.1 Å². The molecule has 1 rings (SSSR count). The van der Waals surface area contributed by atoms with E-state index in [0.29, 0.717) is 0 Å². The number of nitrogens with zero attached hydrogens (tertiary/aromatic N) is 2. The molecule has 0 saturated heterocycles. The molecular formula is C9H5F5N2O. The van der Waals surface area contributed by atoms with E-state index in [0.717, 1.165) is 0 Å². The van der Waals surface area contributed by atoms with Crippen molar-refractivity contribution in [3.05, 3.63) is 23.0 Å². The summed E-state index contributed by atoms with van der Waals surface area (Å²) in [6.45, 7) is 0. The fourth-order valence-corrected chi connectivity index (χ4v) is 1.15. The van der Waals surface area contributed by atoms with Crippen LogP contribution in [0.15, 0.2) is 6.07 Å². The van der Waals surface area contributed by atoms with Gasteiger partial charge in [0.15, 0.2) is 5.69 Å². The summed E-state index contributed by atoms with van der Waals surface area (Å²) in [6.07, 6.45) is -9.08. The second kappa shape index (κ2) is 4.53. The maximum Gasteiger partial charge on any atom is 0.433 e. The van der Waals surface area contributed by atoms with E-state index in [1.807, 2.05) is 0 Å². The second-order valence-corrected chi connectivity index (χ2v) is 3.03. The first-order chi connectivity index (χ1) is 7.77. The molecule has 1 N–H and O–H groups in total. The van der Waals surface area contributed by atoms with Crippen LogP contribution >= 0.6 is 0 Å². The maximum atomic E-state index is 12.4. The standard InChI is InChI=1S/C9H5F5N2O/c10-8(11)4-3-6(17)5(1-2-15)16-7(4)9(12,13)14/h3,8,17H,1H2. The van der Waals surface area contributed by atoms with Crippen LogP contribution in [0.5, 0.6) is 5.75 Å². The molecule has 1 aromatic rings. The Morgan fingerprint density at radius 1 is 1.41 bits per heavy atom. The van der Waals surface area contributed by atoms with Crippen LogP contribution in [-0.2, 0) is 12.6 Å². The molecule has 0 radical (unpaired) electrons. The predicted molar refractivity (Wildman–Crippen MR) is 45.2 cm³/mol. The quantitative estimate of drug-likeness (QED) is 0.823. The number of alkyl halides is 5. The third-order valence-corrected chi connectivity index (χ3v) is 1.86. The summed E-state index contributed by atoms with van der Waals surface area (Å²) in [5, 5.41) is 17.4. The smallest absolute Gasteiger partial charge is 0.433 e. The number of halogens is 5. The largest absolute Gasteiger partial charge is 0.506 e. The van der Waals surface area contributed by atoms with E-state index in [1.165, 1.54) is 6.07 Å². The Bertz CT molecular complexity index is 464. The summed E-state index contributed by atoms with van der Waals surface area (Å²) in [7, 11) is 0. The average Bonchev–Trinajstić information content (AvgIpc) is 2.18. The lowest BCUT2D eigenvalue weighted by molar-refractivity contribution is -0.143. The minimum Gasteiger partial charge on any atom is -0.506 e. The highest BCUT2D eigenvalue weighted by Crippen LogP contribution is 2.37. The molecule has 92 valence electrons. The molecule has 0 saturated carbocycles. The van der Waals surface area contributed by atoms with Crippen molar-refractivity contribution >= 4 is 0 Å². The van der Waals surface area contributed by atoms with Gasteiger partial charge in [-0.25, -0.2) is 13.8 Å². The van der Waals surface area contributed by atoms with E-state index < -0.39 is 41.7 Å². The van der Waals surface area contributed by atoms with Gasteiger partial charge in [-0.15, -0.1) is 0 Å². The van der Waals surface area contributed by atoms with Gasteiger partial charge in [-0.05, 0) is 6.07 Å². The summed E-state index contributed by atoms with van der Waals surface area (Å²) < 4.78 is 61.9. The molecule has 0 aliphatic carbocycles. The lowest BCUT2D eigenvalue weighted by atomic mass is 10.1. The Balaban J connectivity index is 3.44. The number of rotatable bonds is 2. The minimum absolute atomic E-state index is 0.285. The summed E-state index contributed by atoms with van der Waals surface area (Å²) >= 11 is 0. The lowest BCUT2D eigenvalue weighted by Crippen LogP contribution is -2.14. The first kappa shape index (κ1) is 13.2. The van der Waals surface area contributed by atoms with Crippen LogP contribution in [0.3, 0.4) is 0 Å². The van der Waals surface area contributed by atoms with Crippen LogP contribution in [0.2, 0.25) is 0 Å². The molecule has 1 heterocycles. The van der Waals surface area contributed by atoms with Gasteiger partial charge in [0.05, 0.1) is 23.7 Å². The maximum absolute atomic E-state index is 12.4. The van der Waals surface area contributed by atoms with Gasteiger partial charge in [-0.3, -0.25) is 0 Å². The normalized spacial score (nSPS) is 11.6. The molecule has 0 amide bonds. The third-order valence-electron chi connectivity index (χ3n) is 1.86. The summed E-state index contributed by atoms with van der Waals surface area (Å²) in [6, 6.07) is 1.76. The van der Waals surface area contributed by atoms with Crippen molar-refractivity contribution in [3.63, 3.8) is 0 Å². The first-order valence-corrected chi connectivity index (χ1v) is 4.22. The molecule has 0 aliphatic rings. The molecule has 0 fully saturated rings. The molecule has 0 atom stereocenters. The molecule has 8 heteroatoms. The van der Waals surface area contributed by atoms with Gasteiger partial charge in [0.25, 0.3) is 6.43 Å². The topological polar surface area (TPSA) is 56.9 Å². The van der Waals surface area contributed by atoms with Crippen molar-refractivity contribution in [3.8, 4) is 11.8 Å². The molecule has 0 spiro atoms. The summed E-state index contributed by atoms with van der Waals surface area (Å²) in [5.74, 6) is -0.852. The average molecular weight is 252 g/mol. The molecule has 0 bridgehead atoms. The molecule has 0 aliphatic heterocycles. The fourth-order valence-electron chi connectivity index (χ4n) is 1.15. The third kappa shape index (κ3) is 2.81. The molecule has 0 aromatic carbocycles. The fraction of sp³-hybridized carbons (Fsp3) is 0.333. The van der Waals surface area contributed by atoms with Gasteiger partial charge in [-0.1, -0.05) is 0 Å². The summed E-state index contributed by atoms with van der Waals surface area (Å²) in [5.41, 5.74) is -3.77. The first-order valence-electron chi connectivity index (χ1n) is 4.22. The van der Waals surface area contributed by atoms with Crippen molar-refractivity contribution in [2.45, 2.75) is 19.0 Å². The van der Waals surface area contributed by atoms with Crippen LogP contribution in [0, 0.1) is 11.3 Å². The molecular weight excluding hydrogens is 247 g/mol. The Morgan fingerprint density at radius 2 is 2.00 bits per heavy atom. The highest BCUT2D eigenvalue weighted by molar-refractivity contribution is 5.37. The highest BCUT2D eigenvalue weighted by Gasteiger charge is 2.38. The van der Waals surface area contributed by atoms with Gasteiger partial charge in [-0.2, -0.15) is 18.4 Å². The number of pyridine rings is 1. The summed E-state index contributed by atoms with van der Waals surface area (Å²) in [4.78, 5) is 2.88. The molecule has 1 aromatic heterocycles. The minimum atomic E-state index is -5.07. The van der Waals surface area contributed by atoms with E-state index >= 15 is 0 Å². The van der Waals surface area contributed by atoms with Crippen molar-refractivity contribution in [1.82, 2.24) is 4.98 Å². The van der Waals surface area contributed by atoms with E-state index in [1.54, 1.807) is 0 Å². The lowest BCUT2D eigenvalue weighted by Gasteiger charge is -2.13. The van der Waals surface area contributed by atoms with Crippen LogP contribution in [-0.4, -0.2) is 10.1 Å². The van der Waals surface area contributed by atoms with Crippen LogP contribution < -0.4 is 0 Å². The van der Waals surface area contributed by atoms with Crippen molar-refractivity contribution in [2.75, 3.05) is 0 Å². The van der Waals surface area contributed by atoms with Crippen LogP contribution in [0.4, 0.5) is 22.0 Å². The van der Waals surface area contributed by atoms with E-state index in [4.69, 9.17) is 10.4 Å². The Kier molecular flexibility index (Phi) is 3.50. The van der Waals surface area contributed by atoms with Gasteiger partial charge < -0.3 is 5.11 Å². The number of nitriles is 1. The van der Waals surface area contributed by atoms with Gasteiger partial charge in [0, 0.05) is 0 Å². The van der Waals surface area contributed by atoms with Crippen molar-refractivity contribution in [2.24, 2.45) is 0 Å². The van der Waals surface area contributed by atoms with Crippen LogP contribution in [0.1, 0.15) is 23.4 Å². The number of hydrogen-bond acceptors (Lipinski definition) is 3. The molecule has 0 unspecified atom stereocenters. The number of hydrogen-bond donors (Lipinski definition) is 1. The zero-order valence-electron chi connectivity index (χ0n) is 8.09. The highest BCUT2D eigenvalue weighted by atomic mass is 19.4. The number of aromatic hydroxyl groups is 1. The molecule has 3 nitrogen and oxygen atoms in total. The van der Waals surface area contributed by atoms with Gasteiger partial charge in [0.1, 0.15) is 5.75 Å². The van der Waals surface area contributed by atoms with Crippen molar-refractivity contribution < 1.29 is 27.1 Å². The van der Waals surface area contributed by atoms with E-state index in [2.05, 4.69) is 4.98 Å². The predicted octanol–water partition coefficient (Wildman–Crippen LogP) is 2.81.